The second kappa shape index (κ2) is 5.11. The van der Waals surface area contributed by atoms with Gasteiger partial charge in [0.1, 0.15) is 0 Å². The van der Waals surface area contributed by atoms with E-state index in [2.05, 4.69) is 29.6 Å². The summed E-state index contributed by atoms with van der Waals surface area (Å²) in [6.07, 6.45) is 0. The number of hydrogen-bond acceptors (Lipinski definition) is 2. The molecule has 0 bridgehead atoms. The highest BCUT2D eigenvalue weighted by Crippen LogP contribution is 2.00. The van der Waals surface area contributed by atoms with Crippen LogP contribution < -0.4 is 10.6 Å². The van der Waals surface area contributed by atoms with Gasteiger partial charge in [0, 0.05) is 13.1 Å². The van der Waals surface area contributed by atoms with Crippen LogP contribution in [0.1, 0.15) is 25.2 Å². The molecule has 0 aliphatic carbocycles. The van der Waals surface area contributed by atoms with Crippen LogP contribution in [0.25, 0.3) is 0 Å². The number of hydrogen-bond donors (Lipinski definition) is 2. The molecule has 2 N–H and O–H groups in total. The van der Waals surface area contributed by atoms with E-state index in [1.807, 2.05) is 24.7 Å². The second-order valence-electron chi connectivity index (χ2n) is 3.88. The first-order valence-electron chi connectivity index (χ1n) is 5.03. The third-order valence-electron chi connectivity index (χ3n) is 1.95. The topological polar surface area (TPSA) is 41.9 Å². The standard InChI is InChI=1S/C10H18N4S/c1-7(2)12-10(15)11-6-9-5-8(3)13-14(9)4/h5,7H,6H2,1-4H3,(H2,11,12,15). The molecule has 1 heterocycles. The fourth-order valence-corrected chi connectivity index (χ4v) is 1.62. The minimum absolute atomic E-state index is 0.360. The zero-order chi connectivity index (χ0) is 11.4. The van der Waals surface area contributed by atoms with Gasteiger partial charge in [-0.25, -0.2) is 0 Å². The molecule has 1 aromatic heterocycles. The largest absolute Gasteiger partial charge is 0.361 e. The van der Waals surface area contributed by atoms with Gasteiger partial charge in [0.25, 0.3) is 0 Å². The molecule has 5 heteroatoms. The molecule has 0 saturated heterocycles. The molecule has 0 aliphatic rings. The van der Waals surface area contributed by atoms with Crippen LogP contribution >= 0.6 is 12.2 Å². The van der Waals surface area contributed by atoms with E-state index in [1.165, 1.54) is 0 Å². The Morgan fingerprint density at radius 2 is 2.27 bits per heavy atom. The number of rotatable bonds is 3. The highest BCUT2D eigenvalue weighted by Gasteiger charge is 2.03. The van der Waals surface area contributed by atoms with Crippen LogP contribution in [0.2, 0.25) is 0 Å². The summed E-state index contributed by atoms with van der Waals surface area (Å²) >= 11 is 5.13. The summed E-state index contributed by atoms with van der Waals surface area (Å²) in [6, 6.07) is 2.41. The van der Waals surface area contributed by atoms with E-state index in [-0.39, 0.29) is 0 Å². The van der Waals surface area contributed by atoms with Gasteiger partial charge in [-0.3, -0.25) is 4.68 Å². The Hall–Kier alpha value is -1.10. The lowest BCUT2D eigenvalue weighted by Gasteiger charge is -2.12. The fraction of sp³-hybridized carbons (Fsp3) is 0.600. The summed E-state index contributed by atoms with van der Waals surface area (Å²) in [6.45, 7) is 6.80. The molecule has 0 fully saturated rings. The Balaban J connectivity index is 2.43. The van der Waals surface area contributed by atoms with Gasteiger partial charge in [-0.15, -0.1) is 0 Å². The lowest BCUT2D eigenvalue weighted by atomic mass is 10.3. The number of nitrogens with zero attached hydrogens (tertiary/aromatic N) is 2. The van der Waals surface area contributed by atoms with E-state index >= 15 is 0 Å². The SMILES string of the molecule is Cc1cc(CNC(=S)NC(C)C)n(C)n1. The maximum atomic E-state index is 5.13. The monoisotopic (exact) mass is 226 g/mol. The molecule has 1 rings (SSSR count). The molecule has 0 aromatic carbocycles. The summed E-state index contributed by atoms with van der Waals surface area (Å²) in [5, 5.41) is 11.2. The predicted octanol–water partition coefficient (Wildman–Crippen LogP) is 1.10. The highest BCUT2D eigenvalue weighted by atomic mass is 32.1. The smallest absolute Gasteiger partial charge is 0.166 e. The average molecular weight is 226 g/mol. The summed E-state index contributed by atoms with van der Waals surface area (Å²) < 4.78 is 1.86. The van der Waals surface area contributed by atoms with Crippen molar-refractivity contribution >= 4 is 17.3 Å². The molecule has 0 amide bonds. The van der Waals surface area contributed by atoms with E-state index in [4.69, 9.17) is 12.2 Å². The van der Waals surface area contributed by atoms with Crippen molar-refractivity contribution in [2.45, 2.75) is 33.4 Å². The van der Waals surface area contributed by atoms with E-state index in [1.54, 1.807) is 0 Å². The molecule has 0 unspecified atom stereocenters. The first-order valence-corrected chi connectivity index (χ1v) is 5.43. The van der Waals surface area contributed by atoms with Gasteiger partial charge >= 0.3 is 0 Å². The van der Waals surface area contributed by atoms with Crippen LogP contribution in [-0.2, 0) is 13.6 Å². The number of aryl methyl sites for hydroxylation is 2. The summed E-state index contributed by atoms with van der Waals surface area (Å²) in [5.74, 6) is 0. The van der Waals surface area contributed by atoms with Crippen LogP contribution in [0.4, 0.5) is 0 Å². The van der Waals surface area contributed by atoms with Crippen molar-refractivity contribution in [2.75, 3.05) is 0 Å². The first-order chi connectivity index (χ1) is 6.99. The van der Waals surface area contributed by atoms with Crippen LogP contribution in [0.3, 0.4) is 0 Å². The lowest BCUT2D eigenvalue weighted by Crippen LogP contribution is -2.39. The molecule has 0 spiro atoms. The van der Waals surface area contributed by atoms with Crippen molar-refractivity contribution in [3.05, 3.63) is 17.5 Å². The third-order valence-corrected chi connectivity index (χ3v) is 2.21. The number of aromatic nitrogens is 2. The van der Waals surface area contributed by atoms with Crippen molar-refractivity contribution < 1.29 is 0 Å². The third kappa shape index (κ3) is 3.87. The van der Waals surface area contributed by atoms with Crippen LogP contribution in [0.15, 0.2) is 6.07 Å². The Bertz CT molecular complexity index is 343. The molecule has 0 aliphatic heterocycles. The van der Waals surface area contributed by atoms with E-state index in [9.17, 15) is 0 Å². The highest BCUT2D eigenvalue weighted by molar-refractivity contribution is 7.80. The maximum absolute atomic E-state index is 5.13. The van der Waals surface area contributed by atoms with Crippen molar-refractivity contribution in [2.24, 2.45) is 7.05 Å². The minimum atomic E-state index is 0.360. The van der Waals surface area contributed by atoms with Crippen LogP contribution in [0.5, 0.6) is 0 Å². The van der Waals surface area contributed by atoms with Gasteiger partial charge in [0.2, 0.25) is 0 Å². The molecule has 0 atom stereocenters. The molecule has 15 heavy (non-hydrogen) atoms. The predicted molar refractivity (Wildman–Crippen MR) is 65.7 cm³/mol. The summed E-state index contributed by atoms with van der Waals surface area (Å²) in [7, 11) is 1.93. The van der Waals surface area contributed by atoms with E-state index in [0.717, 1.165) is 11.4 Å². The fourth-order valence-electron chi connectivity index (χ4n) is 1.31. The van der Waals surface area contributed by atoms with Gasteiger partial charge in [-0.2, -0.15) is 5.10 Å². The van der Waals surface area contributed by atoms with Crippen molar-refractivity contribution in [1.29, 1.82) is 0 Å². The van der Waals surface area contributed by atoms with Gasteiger partial charge in [-0.1, -0.05) is 0 Å². The Morgan fingerprint density at radius 1 is 1.60 bits per heavy atom. The van der Waals surface area contributed by atoms with E-state index < -0.39 is 0 Å². The Labute approximate surface area is 96.1 Å². The molecular formula is C10H18N4S. The van der Waals surface area contributed by atoms with Crippen LogP contribution in [-0.4, -0.2) is 20.9 Å². The van der Waals surface area contributed by atoms with Crippen LogP contribution in [0, 0.1) is 6.92 Å². The number of nitrogens with one attached hydrogen (secondary N) is 2. The molecule has 4 nitrogen and oxygen atoms in total. The first kappa shape index (κ1) is 12.0. The van der Waals surface area contributed by atoms with Gasteiger partial charge in [0.05, 0.1) is 17.9 Å². The zero-order valence-corrected chi connectivity index (χ0v) is 10.5. The zero-order valence-electron chi connectivity index (χ0n) is 9.66. The quantitative estimate of drug-likeness (QED) is 0.757. The Kier molecular flexibility index (Phi) is 4.08. The Morgan fingerprint density at radius 3 is 2.73 bits per heavy atom. The molecule has 84 valence electrons. The van der Waals surface area contributed by atoms with E-state index in [0.29, 0.717) is 17.7 Å². The summed E-state index contributed by atoms with van der Waals surface area (Å²) in [5.41, 5.74) is 2.15. The minimum Gasteiger partial charge on any atom is -0.361 e. The molecule has 0 radical (unpaired) electrons. The van der Waals surface area contributed by atoms with Gasteiger partial charge < -0.3 is 10.6 Å². The summed E-state index contributed by atoms with van der Waals surface area (Å²) in [4.78, 5) is 0. The van der Waals surface area contributed by atoms with Gasteiger partial charge in [-0.05, 0) is 39.1 Å². The lowest BCUT2D eigenvalue weighted by molar-refractivity contribution is 0.671. The maximum Gasteiger partial charge on any atom is 0.166 e. The second-order valence-corrected chi connectivity index (χ2v) is 4.29. The molecule has 1 aromatic rings. The normalized spacial score (nSPS) is 10.5. The number of thiocarbonyl (C=S) groups is 1. The van der Waals surface area contributed by atoms with Gasteiger partial charge in [0.15, 0.2) is 5.11 Å². The molecule has 0 saturated carbocycles. The van der Waals surface area contributed by atoms with Crippen molar-refractivity contribution in [3.8, 4) is 0 Å². The van der Waals surface area contributed by atoms with Crippen molar-refractivity contribution in [3.63, 3.8) is 0 Å². The van der Waals surface area contributed by atoms with Crippen molar-refractivity contribution in [1.82, 2.24) is 20.4 Å². The average Bonchev–Trinajstić information content (AvgIpc) is 2.40. The molecular weight excluding hydrogens is 208 g/mol.